The number of nitrogens with zero attached hydrogens (tertiary/aromatic N) is 1. The molecule has 7 aliphatic rings. The fraction of sp³-hybridized carbons (Fsp3) is 0.724. The summed E-state index contributed by atoms with van der Waals surface area (Å²) in [7, 11) is 1.80. The van der Waals surface area contributed by atoms with Gasteiger partial charge in [0.25, 0.3) is 0 Å². The van der Waals surface area contributed by atoms with Crippen LogP contribution in [0.25, 0.3) is 0 Å². The predicted octanol–water partition coefficient (Wildman–Crippen LogP) is 4.15. The highest BCUT2D eigenvalue weighted by molar-refractivity contribution is 6.08. The second-order valence-electron chi connectivity index (χ2n) is 12.2. The predicted molar refractivity (Wildman–Crippen MR) is 129 cm³/mol. The molecule has 5 nitrogen and oxygen atoms in total. The van der Waals surface area contributed by atoms with Gasteiger partial charge >= 0.3 is 0 Å². The molecule has 8 atom stereocenters. The Bertz CT molecular complexity index is 1010. The third-order valence-electron chi connectivity index (χ3n) is 11.2. The molecule has 5 heteroatoms. The average Bonchev–Trinajstić information content (AvgIpc) is 3.35. The van der Waals surface area contributed by atoms with E-state index in [4.69, 9.17) is 4.74 Å². The fourth-order valence-corrected chi connectivity index (χ4v) is 9.81. The van der Waals surface area contributed by atoms with E-state index < -0.39 is 0 Å². The van der Waals surface area contributed by atoms with Gasteiger partial charge < -0.3 is 9.64 Å². The number of rotatable bonds is 6. The molecule has 2 heterocycles. The van der Waals surface area contributed by atoms with Crippen molar-refractivity contribution in [2.45, 2.75) is 63.7 Å². The van der Waals surface area contributed by atoms with Crippen LogP contribution >= 0.6 is 0 Å². The van der Waals surface area contributed by atoms with Crippen molar-refractivity contribution >= 4 is 11.8 Å². The number of likely N-dealkylation sites (tertiary alicyclic amines) is 1. The van der Waals surface area contributed by atoms with Crippen LogP contribution in [0.1, 0.15) is 68.4 Å². The first-order valence-corrected chi connectivity index (χ1v) is 13.8. The third-order valence-corrected chi connectivity index (χ3v) is 11.2. The van der Waals surface area contributed by atoms with Crippen molar-refractivity contribution < 1.29 is 14.3 Å². The molecule has 182 valence electrons. The first-order chi connectivity index (χ1) is 16.6. The molecule has 2 amide bonds. The lowest BCUT2D eigenvalue weighted by Crippen LogP contribution is -2.62. The largest absolute Gasteiger partial charge is 0.496 e. The summed E-state index contributed by atoms with van der Waals surface area (Å²) in [5.74, 6) is 4.85. The van der Waals surface area contributed by atoms with Crippen LogP contribution in [-0.2, 0) is 16.0 Å². The number of benzene rings is 1. The number of carbonyl (C=O) groups is 2. The lowest BCUT2D eigenvalue weighted by atomic mass is 9.39. The van der Waals surface area contributed by atoms with Crippen LogP contribution in [-0.4, -0.2) is 43.5 Å². The van der Waals surface area contributed by atoms with Crippen molar-refractivity contribution in [3.05, 3.63) is 29.3 Å². The Balaban J connectivity index is 1.02. The molecule has 0 spiro atoms. The van der Waals surface area contributed by atoms with Gasteiger partial charge in [-0.15, -0.1) is 0 Å². The zero-order valence-electron chi connectivity index (χ0n) is 20.4. The number of methoxy groups -OCH3 is 1. The molecule has 2 saturated heterocycles. The number of nitrogens with one attached hydrogen (secondary N) is 1. The standard InChI is InChI=1S/C29H38N2O3/c1-34-24-6-4-5-17-7-8-18-15-31(16-22(18)25(17)24)14-3-2-13-29-23-12-11-21(19-9-10-20(19)23)26(29)27(32)30-28(29)33/h4-6,18-23,26H,2-3,7-16H2,1H3,(H,30,32,33)/t18?,19-,20-,21?,22?,23?,26?,29?/m1/s1. The summed E-state index contributed by atoms with van der Waals surface area (Å²) in [6.07, 6.45) is 10.4. The summed E-state index contributed by atoms with van der Waals surface area (Å²) in [6.45, 7) is 3.41. The van der Waals surface area contributed by atoms with E-state index >= 15 is 0 Å². The Morgan fingerprint density at radius 3 is 2.71 bits per heavy atom. The molecule has 5 aliphatic carbocycles. The second-order valence-corrected chi connectivity index (χ2v) is 12.2. The first kappa shape index (κ1) is 21.4. The highest BCUT2D eigenvalue weighted by atomic mass is 16.5. The van der Waals surface area contributed by atoms with Gasteiger partial charge in [-0.2, -0.15) is 0 Å². The SMILES string of the molecule is COc1cccc2c1C1CN(CCCCC34C(=O)NC(=O)C3C3CCC4[C@@H]4CC[C@@H]34)CC1CC2. The molecule has 6 unspecified atom stereocenters. The smallest absolute Gasteiger partial charge is 0.233 e. The molecule has 6 fully saturated rings. The Morgan fingerprint density at radius 2 is 1.88 bits per heavy atom. The van der Waals surface area contributed by atoms with Gasteiger partial charge in [-0.05, 0) is 99.1 Å². The molecular weight excluding hydrogens is 424 g/mol. The number of hydrogen-bond acceptors (Lipinski definition) is 4. The molecule has 2 aliphatic heterocycles. The number of fused-ring (bicyclic) bond motifs is 4. The molecule has 1 aromatic carbocycles. The molecule has 8 rings (SSSR count). The average molecular weight is 463 g/mol. The topological polar surface area (TPSA) is 58.6 Å². The summed E-state index contributed by atoms with van der Waals surface area (Å²) >= 11 is 0. The van der Waals surface area contributed by atoms with Crippen LogP contribution in [0.4, 0.5) is 0 Å². The lowest BCUT2D eigenvalue weighted by molar-refractivity contribution is -0.181. The molecule has 0 aromatic heterocycles. The maximum absolute atomic E-state index is 13.3. The molecule has 34 heavy (non-hydrogen) atoms. The highest BCUT2D eigenvalue weighted by Crippen LogP contribution is 2.69. The van der Waals surface area contributed by atoms with Crippen molar-refractivity contribution in [1.29, 1.82) is 0 Å². The molecule has 2 bridgehead atoms. The van der Waals surface area contributed by atoms with Crippen LogP contribution in [0.15, 0.2) is 18.2 Å². The summed E-state index contributed by atoms with van der Waals surface area (Å²) in [5.41, 5.74) is 2.55. The second kappa shape index (κ2) is 7.81. The van der Waals surface area contributed by atoms with E-state index in [9.17, 15) is 9.59 Å². The number of aryl methyl sites for hydroxylation is 1. The number of ether oxygens (including phenoxy) is 1. The van der Waals surface area contributed by atoms with Gasteiger partial charge in [-0.3, -0.25) is 14.9 Å². The zero-order valence-corrected chi connectivity index (χ0v) is 20.4. The zero-order chi connectivity index (χ0) is 23.0. The van der Waals surface area contributed by atoms with Crippen molar-refractivity contribution in [2.75, 3.05) is 26.7 Å². The summed E-state index contributed by atoms with van der Waals surface area (Å²) in [5, 5.41) is 2.81. The molecule has 0 radical (unpaired) electrons. The van der Waals surface area contributed by atoms with E-state index in [1.165, 1.54) is 56.2 Å². The summed E-state index contributed by atoms with van der Waals surface area (Å²) in [6, 6.07) is 6.54. The van der Waals surface area contributed by atoms with E-state index in [0.29, 0.717) is 23.7 Å². The van der Waals surface area contributed by atoms with Gasteiger partial charge in [0, 0.05) is 24.6 Å². The Hall–Kier alpha value is -1.88. The molecular formula is C29H38N2O3. The van der Waals surface area contributed by atoms with Crippen LogP contribution in [0.3, 0.4) is 0 Å². The van der Waals surface area contributed by atoms with E-state index in [1.807, 2.05) is 0 Å². The first-order valence-electron chi connectivity index (χ1n) is 13.8. The van der Waals surface area contributed by atoms with E-state index in [1.54, 1.807) is 7.11 Å². The fourth-order valence-electron chi connectivity index (χ4n) is 9.81. The van der Waals surface area contributed by atoms with E-state index in [2.05, 4.69) is 28.4 Å². The summed E-state index contributed by atoms with van der Waals surface area (Å²) in [4.78, 5) is 28.8. The van der Waals surface area contributed by atoms with Gasteiger partial charge in [0.1, 0.15) is 5.75 Å². The quantitative estimate of drug-likeness (QED) is 0.510. The minimum atomic E-state index is -0.382. The maximum Gasteiger partial charge on any atom is 0.233 e. The minimum absolute atomic E-state index is 0.0288. The summed E-state index contributed by atoms with van der Waals surface area (Å²) < 4.78 is 5.74. The lowest BCUT2D eigenvalue weighted by Gasteiger charge is -2.63. The molecule has 1 N–H and O–H groups in total. The number of unbranched alkanes of at least 4 members (excludes halogenated alkanes) is 1. The van der Waals surface area contributed by atoms with E-state index in [0.717, 1.165) is 49.9 Å². The minimum Gasteiger partial charge on any atom is -0.496 e. The Labute approximate surface area is 203 Å². The number of amides is 2. The molecule has 4 saturated carbocycles. The normalized spacial score (nSPS) is 41.9. The van der Waals surface area contributed by atoms with Crippen LogP contribution in [0, 0.1) is 40.9 Å². The van der Waals surface area contributed by atoms with Gasteiger partial charge in [0.15, 0.2) is 0 Å². The number of carbonyl (C=O) groups excluding carboxylic acids is 2. The van der Waals surface area contributed by atoms with Gasteiger partial charge in [0.05, 0.1) is 18.4 Å². The van der Waals surface area contributed by atoms with E-state index in [-0.39, 0.29) is 23.1 Å². The highest BCUT2D eigenvalue weighted by Gasteiger charge is 2.71. The van der Waals surface area contributed by atoms with Crippen molar-refractivity contribution in [3.8, 4) is 5.75 Å². The van der Waals surface area contributed by atoms with Crippen molar-refractivity contribution in [2.24, 2.45) is 40.9 Å². The van der Waals surface area contributed by atoms with Crippen LogP contribution < -0.4 is 10.1 Å². The Kier molecular flexibility index (Phi) is 4.92. The number of hydrogen-bond donors (Lipinski definition) is 1. The van der Waals surface area contributed by atoms with Crippen LogP contribution in [0.2, 0.25) is 0 Å². The number of imide groups is 1. The molecule has 1 aromatic rings. The maximum atomic E-state index is 13.3. The van der Waals surface area contributed by atoms with Gasteiger partial charge in [-0.1, -0.05) is 18.6 Å². The van der Waals surface area contributed by atoms with Crippen molar-refractivity contribution in [1.82, 2.24) is 10.2 Å². The van der Waals surface area contributed by atoms with Gasteiger partial charge in [-0.25, -0.2) is 0 Å². The third kappa shape index (κ3) is 2.82. The van der Waals surface area contributed by atoms with Gasteiger partial charge in [0.2, 0.25) is 11.8 Å². The monoisotopic (exact) mass is 462 g/mol. The van der Waals surface area contributed by atoms with Crippen LogP contribution in [0.5, 0.6) is 5.75 Å². The van der Waals surface area contributed by atoms with Crippen molar-refractivity contribution in [3.63, 3.8) is 0 Å². The Morgan fingerprint density at radius 1 is 1.03 bits per heavy atom.